The van der Waals surface area contributed by atoms with Crippen LogP contribution in [0.2, 0.25) is 0 Å². The number of methoxy groups -OCH3 is 1. The maximum atomic E-state index is 12.7. The standard InChI is InChI=1S/C21H36N2O2/c1-20(2,3)16-12-15(13-18(24)23(8)11-10-22-7)19(25-9)17(14-16)21(4,5)6/h12,14,22H,10-11,13H2,1-9H3. The van der Waals surface area contributed by atoms with Gasteiger partial charge >= 0.3 is 0 Å². The number of hydrogen-bond donors (Lipinski definition) is 1. The van der Waals surface area contributed by atoms with Crippen molar-refractivity contribution in [2.45, 2.75) is 58.8 Å². The summed E-state index contributed by atoms with van der Waals surface area (Å²) < 4.78 is 5.75. The molecule has 0 atom stereocenters. The van der Waals surface area contributed by atoms with E-state index < -0.39 is 0 Å². The molecule has 0 spiro atoms. The summed E-state index contributed by atoms with van der Waals surface area (Å²) in [6.45, 7) is 14.6. The normalized spacial score (nSPS) is 12.2. The Morgan fingerprint density at radius 3 is 2.16 bits per heavy atom. The fourth-order valence-electron chi connectivity index (χ4n) is 2.75. The topological polar surface area (TPSA) is 41.6 Å². The lowest BCUT2D eigenvalue weighted by molar-refractivity contribution is -0.129. The molecule has 0 saturated carbocycles. The summed E-state index contributed by atoms with van der Waals surface area (Å²) in [5.74, 6) is 0.954. The summed E-state index contributed by atoms with van der Waals surface area (Å²) in [7, 11) is 5.44. The van der Waals surface area contributed by atoms with E-state index in [-0.39, 0.29) is 16.7 Å². The van der Waals surface area contributed by atoms with E-state index in [4.69, 9.17) is 4.74 Å². The molecule has 1 aromatic rings. The van der Waals surface area contributed by atoms with Crippen molar-refractivity contribution in [2.24, 2.45) is 0 Å². The van der Waals surface area contributed by atoms with Gasteiger partial charge in [0.15, 0.2) is 0 Å². The molecule has 1 rings (SSSR count). The van der Waals surface area contributed by atoms with E-state index in [1.54, 1.807) is 12.0 Å². The Bertz CT molecular complexity index is 595. The lowest BCUT2D eigenvalue weighted by Crippen LogP contribution is -2.34. The number of nitrogens with zero attached hydrogens (tertiary/aromatic N) is 1. The number of ether oxygens (including phenoxy) is 1. The van der Waals surface area contributed by atoms with Crippen molar-refractivity contribution >= 4 is 5.91 Å². The van der Waals surface area contributed by atoms with Crippen molar-refractivity contribution in [2.75, 3.05) is 34.3 Å². The molecule has 142 valence electrons. The first kappa shape index (κ1) is 21.5. The van der Waals surface area contributed by atoms with Crippen molar-refractivity contribution in [3.63, 3.8) is 0 Å². The third kappa shape index (κ3) is 5.74. The van der Waals surface area contributed by atoms with Gasteiger partial charge in [-0.3, -0.25) is 4.79 Å². The lowest BCUT2D eigenvalue weighted by atomic mass is 9.78. The molecule has 0 radical (unpaired) electrons. The molecule has 4 heteroatoms. The second-order valence-electron chi connectivity index (χ2n) is 8.81. The summed E-state index contributed by atoms with van der Waals surface area (Å²) in [4.78, 5) is 14.4. The fourth-order valence-corrected chi connectivity index (χ4v) is 2.75. The number of amides is 1. The highest BCUT2D eigenvalue weighted by Gasteiger charge is 2.26. The van der Waals surface area contributed by atoms with Gasteiger partial charge in [-0.15, -0.1) is 0 Å². The number of carbonyl (C=O) groups is 1. The highest BCUT2D eigenvalue weighted by molar-refractivity contribution is 5.79. The van der Waals surface area contributed by atoms with Crippen molar-refractivity contribution in [1.29, 1.82) is 0 Å². The van der Waals surface area contributed by atoms with Gasteiger partial charge in [0.1, 0.15) is 5.75 Å². The first-order valence-electron chi connectivity index (χ1n) is 9.02. The Balaban J connectivity index is 3.35. The molecule has 0 aliphatic heterocycles. The maximum Gasteiger partial charge on any atom is 0.226 e. The maximum absolute atomic E-state index is 12.7. The van der Waals surface area contributed by atoms with Crippen LogP contribution < -0.4 is 10.1 Å². The number of benzene rings is 1. The summed E-state index contributed by atoms with van der Waals surface area (Å²) >= 11 is 0. The average Bonchev–Trinajstić information content (AvgIpc) is 2.49. The molecule has 0 aliphatic carbocycles. The van der Waals surface area contributed by atoms with Crippen LogP contribution in [-0.4, -0.2) is 45.1 Å². The quantitative estimate of drug-likeness (QED) is 0.855. The molecule has 0 bridgehead atoms. The summed E-state index contributed by atoms with van der Waals surface area (Å²) in [5, 5.41) is 3.08. The van der Waals surface area contributed by atoms with Gasteiger partial charge in [-0.1, -0.05) is 53.7 Å². The van der Waals surface area contributed by atoms with Crippen molar-refractivity contribution < 1.29 is 9.53 Å². The molecule has 1 amide bonds. The minimum atomic E-state index is -0.0531. The van der Waals surface area contributed by atoms with E-state index in [1.807, 2.05) is 14.1 Å². The van der Waals surface area contributed by atoms with Crippen LogP contribution in [0.1, 0.15) is 58.2 Å². The molecule has 0 saturated heterocycles. The molecular formula is C21H36N2O2. The van der Waals surface area contributed by atoms with Gasteiger partial charge in [0.25, 0.3) is 0 Å². The van der Waals surface area contributed by atoms with Gasteiger partial charge < -0.3 is 15.0 Å². The highest BCUT2D eigenvalue weighted by Crippen LogP contribution is 2.38. The molecule has 0 aliphatic rings. The Kier molecular flexibility index (Phi) is 7.07. The van der Waals surface area contributed by atoms with Crippen LogP contribution in [0.25, 0.3) is 0 Å². The SMILES string of the molecule is CNCCN(C)C(=O)Cc1cc(C(C)(C)C)cc(C(C)(C)C)c1OC. The van der Waals surface area contributed by atoms with E-state index in [0.29, 0.717) is 13.0 Å². The Labute approximate surface area is 153 Å². The molecule has 0 unspecified atom stereocenters. The van der Waals surface area contributed by atoms with Gasteiger partial charge in [0, 0.05) is 31.3 Å². The van der Waals surface area contributed by atoms with E-state index in [0.717, 1.165) is 23.4 Å². The third-order valence-corrected chi connectivity index (χ3v) is 4.51. The number of rotatable bonds is 6. The molecular weight excluding hydrogens is 312 g/mol. The van der Waals surface area contributed by atoms with E-state index in [1.165, 1.54) is 5.56 Å². The van der Waals surface area contributed by atoms with Crippen LogP contribution in [0.3, 0.4) is 0 Å². The van der Waals surface area contributed by atoms with Gasteiger partial charge in [-0.05, 0) is 23.4 Å². The van der Waals surface area contributed by atoms with Crippen LogP contribution >= 0.6 is 0 Å². The fraction of sp³-hybridized carbons (Fsp3) is 0.667. The van der Waals surface area contributed by atoms with Crippen LogP contribution in [0.15, 0.2) is 12.1 Å². The summed E-state index contributed by atoms with van der Waals surface area (Å²) in [6, 6.07) is 4.37. The van der Waals surface area contributed by atoms with Gasteiger partial charge in [0.2, 0.25) is 5.91 Å². The second kappa shape index (κ2) is 8.22. The Hall–Kier alpha value is -1.55. The summed E-state index contributed by atoms with van der Waals surface area (Å²) in [5.41, 5.74) is 3.33. The second-order valence-corrected chi connectivity index (χ2v) is 8.81. The summed E-state index contributed by atoms with van der Waals surface area (Å²) in [6.07, 6.45) is 0.358. The zero-order chi connectivity index (χ0) is 19.4. The minimum absolute atomic E-state index is 0.0160. The molecule has 1 N–H and O–H groups in total. The number of nitrogens with one attached hydrogen (secondary N) is 1. The van der Waals surface area contributed by atoms with Crippen LogP contribution in [0.5, 0.6) is 5.75 Å². The minimum Gasteiger partial charge on any atom is -0.496 e. The van der Waals surface area contributed by atoms with Gasteiger partial charge in [-0.2, -0.15) is 0 Å². The third-order valence-electron chi connectivity index (χ3n) is 4.51. The average molecular weight is 349 g/mol. The van der Waals surface area contributed by atoms with Crippen LogP contribution in [0, 0.1) is 0 Å². The largest absolute Gasteiger partial charge is 0.496 e. The first-order chi connectivity index (χ1) is 11.4. The Morgan fingerprint density at radius 1 is 1.12 bits per heavy atom. The number of likely N-dealkylation sites (N-methyl/N-ethyl adjacent to an activating group) is 2. The van der Waals surface area contributed by atoms with Gasteiger partial charge in [-0.25, -0.2) is 0 Å². The predicted octanol–water partition coefficient (Wildman–Crippen LogP) is 3.51. The van der Waals surface area contributed by atoms with Crippen molar-refractivity contribution in [3.8, 4) is 5.75 Å². The zero-order valence-corrected chi connectivity index (χ0v) is 17.5. The smallest absolute Gasteiger partial charge is 0.226 e. The molecule has 4 nitrogen and oxygen atoms in total. The van der Waals surface area contributed by atoms with Gasteiger partial charge in [0.05, 0.1) is 13.5 Å². The predicted molar refractivity (Wildman–Crippen MR) is 106 cm³/mol. The van der Waals surface area contributed by atoms with E-state index in [9.17, 15) is 4.79 Å². The van der Waals surface area contributed by atoms with Crippen molar-refractivity contribution in [1.82, 2.24) is 10.2 Å². The van der Waals surface area contributed by atoms with Crippen molar-refractivity contribution in [3.05, 3.63) is 28.8 Å². The molecule has 25 heavy (non-hydrogen) atoms. The molecule has 0 heterocycles. The van der Waals surface area contributed by atoms with Crippen LogP contribution in [0.4, 0.5) is 0 Å². The van der Waals surface area contributed by atoms with E-state index >= 15 is 0 Å². The van der Waals surface area contributed by atoms with E-state index in [2.05, 4.69) is 59.0 Å². The van der Waals surface area contributed by atoms with Crippen LogP contribution in [-0.2, 0) is 22.0 Å². The highest BCUT2D eigenvalue weighted by atomic mass is 16.5. The molecule has 1 aromatic carbocycles. The number of carbonyl (C=O) groups excluding carboxylic acids is 1. The molecule has 0 fully saturated rings. The lowest BCUT2D eigenvalue weighted by Gasteiger charge is -2.29. The zero-order valence-electron chi connectivity index (χ0n) is 17.5. The molecule has 0 aromatic heterocycles. The Morgan fingerprint density at radius 2 is 1.72 bits per heavy atom. The monoisotopic (exact) mass is 348 g/mol. The first-order valence-corrected chi connectivity index (χ1v) is 9.02. The number of hydrogen-bond acceptors (Lipinski definition) is 3.